The van der Waals surface area contributed by atoms with Gasteiger partial charge in [0.1, 0.15) is 0 Å². The van der Waals surface area contributed by atoms with Gasteiger partial charge < -0.3 is 10.6 Å². The maximum absolute atomic E-state index is 3.53. The van der Waals surface area contributed by atoms with E-state index in [1.54, 1.807) is 0 Å². The lowest BCUT2D eigenvalue weighted by atomic mass is 10.0. The summed E-state index contributed by atoms with van der Waals surface area (Å²) in [5, 5.41) is 6.97. The molecule has 2 saturated heterocycles. The molecule has 0 aromatic carbocycles. The lowest BCUT2D eigenvalue weighted by Gasteiger charge is -2.39. The van der Waals surface area contributed by atoms with Gasteiger partial charge in [0, 0.05) is 31.7 Å². The number of nitrogens with zero attached hydrogens (tertiary/aromatic N) is 1. The quantitative estimate of drug-likeness (QED) is 0.736. The summed E-state index contributed by atoms with van der Waals surface area (Å²) in [5.74, 6) is 0.891. The fourth-order valence-electron chi connectivity index (χ4n) is 2.59. The Morgan fingerprint density at radius 1 is 1.27 bits per heavy atom. The fourth-order valence-corrected chi connectivity index (χ4v) is 2.59. The van der Waals surface area contributed by atoms with Gasteiger partial charge in [0.15, 0.2) is 0 Å². The standard InChI is InChI=1S/C11H23N3.ClH/c1-9-10(2)14(6-5-13-9)8-11-3-4-12-7-11;/h9-13H,3-8H2,1-2H3;1H. The van der Waals surface area contributed by atoms with Crippen LogP contribution in [0.2, 0.25) is 0 Å². The zero-order chi connectivity index (χ0) is 9.97. The van der Waals surface area contributed by atoms with Crippen molar-refractivity contribution in [2.75, 3.05) is 32.7 Å². The summed E-state index contributed by atoms with van der Waals surface area (Å²) in [7, 11) is 0. The van der Waals surface area contributed by atoms with Crippen LogP contribution < -0.4 is 10.6 Å². The van der Waals surface area contributed by atoms with E-state index in [9.17, 15) is 0 Å². The first-order valence-electron chi connectivity index (χ1n) is 5.95. The molecule has 0 saturated carbocycles. The molecule has 2 fully saturated rings. The zero-order valence-corrected chi connectivity index (χ0v) is 10.6. The van der Waals surface area contributed by atoms with Crippen LogP contribution in [0.25, 0.3) is 0 Å². The third kappa shape index (κ3) is 3.31. The molecular weight excluding hydrogens is 210 g/mol. The second-order valence-electron chi connectivity index (χ2n) is 4.84. The van der Waals surface area contributed by atoms with Crippen LogP contribution in [0.5, 0.6) is 0 Å². The Balaban J connectivity index is 0.00000112. The summed E-state index contributed by atoms with van der Waals surface area (Å²) in [6, 6.07) is 1.35. The molecule has 2 aliphatic heterocycles. The van der Waals surface area contributed by atoms with Crippen molar-refractivity contribution >= 4 is 12.4 Å². The lowest BCUT2D eigenvalue weighted by molar-refractivity contribution is 0.121. The Morgan fingerprint density at radius 2 is 2.07 bits per heavy atom. The van der Waals surface area contributed by atoms with Gasteiger partial charge in [-0.05, 0) is 39.3 Å². The van der Waals surface area contributed by atoms with E-state index in [-0.39, 0.29) is 12.4 Å². The Kier molecular flexibility index (Phi) is 5.33. The second-order valence-corrected chi connectivity index (χ2v) is 4.84. The van der Waals surface area contributed by atoms with E-state index in [1.807, 2.05) is 0 Å². The van der Waals surface area contributed by atoms with Crippen molar-refractivity contribution in [3.63, 3.8) is 0 Å². The highest BCUT2D eigenvalue weighted by Gasteiger charge is 2.27. The number of rotatable bonds is 2. The highest BCUT2D eigenvalue weighted by Crippen LogP contribution is 2.15. The molecule has 0 aliphatic carbocycles. The number of halogens is 1. The van der Waals surface area contributed by atoms with Gasteiger partial charge in [-0.25, -0.2) is 0 Å². The van der Waals surface area contributed by atoms with E-state index < -0.39 is 0 Å². The average molecular weight is 234 g/mol. The SMILES string of the molecule is CC1NCCN(CC2CCNC2)C1C.Cl. The van der Waals surface area contributed by atoms with Gasteiger partial charge in [-0.3, -0.25) is 4.90 Å². The van der Waals surface area contributed by atoms with Gasteiger partial charge in [0.2, 0.25) is 0 Å². The molecule has 2 rings (SSSR count). The molecule has 3 unspecified atom stereocenters. The van der Waals surface area contributed by atoms with Crippen molar-refractivity contribution in [3.8, 4) is 0 Å². The Morgan fingerprint density at radius 3 is 2.73 bits per heavy atom. The van der Waals surface area contributed by atoms with Gasteiger partial charge in [-0.1, -0.05) is 0 Å². The molecule has 2 heterocycles. The molecule has 4 heteroatoms. The zero-order valence-electron chi connectivity index (χ0n) is 9.83. The molecule has 0 aromatic rings. The first-order valence-corrected chi connectivity index (χ1v) is 5.95. The van der Waals surface area contributed by atoms with E-state index in [0.29, 0.717) is 12.1 Å². The minimum Gasteiger partial charge on any atom is -0.316 e. The molecule has 0 bridgehead atoms. The van der Waals surface area contributed by atoms with Crippen molar-refractivity contribution in [1.82, 2.24) is 15.5 Å². The monoisotopic (exact) mass is 233 g/mol. The smallest absolute Gasteiger partial charge is 0.0219 e. The maximum atomic E-state index is 3.53. The van der Waals surface area contributed by atoms with E-state index in [2.05, 4.69) is 29.4 Å². The Labute approximate surface area is 99.4 Å². The van der Waals surface area contributed by atoms with Crippen molar-refractivity contribution < 1.29 is 0 Å². The van der Waals surface area contributed by atoms with Crippen LogP contribution in [-0.2, 0) is 0 Å². The van der Waals surface area contributed by atoms with Gasteiger partial charge in [-0.15, -0.1) is 12.4 Å². The van der Waals surface area contributed by atoms with E-state index >= 15 is 0 Å². The molecule has 0 aromatic heterocycles. The minimum atomic E-state index is 0. The maximum Gasteiger partial charge on any atom is 0.0219 e. The Hall–Kier alpha value is 0.170. The van der Waals surface area contributed by atoms with Crippen LogP contribution >= 0.6 is 12.4 Å². The topological polar surface area (TPSA) is 27.3 Å². The van der Waals surface area contributed by atoms with Crippen LogP contribution in [-0.4, -0.2) is 49.7 Å². The predicted octanol–water partition coefficient (Wildman–Crippen LogP) is 0.700. The van der Waals surface area contributed by atoms with Gasteiger partial charge >= 0.3 is 0 Å². The van der Waals surface area contributed by atoms with Gasteiger partial charge in [-0.2, -0.15) is 0 Å². The molecule has 2 aliphatic rings. The van der Waals surface area contributed by atoms with E-state index in [4.69, 9.17) is 0 Å². The molecule has 15 heavy (non-hydrogen) atoms. The first kappa shape index (κ1) is 13.2. The molecule has 0 spiro atoms. The summed E-state index contributed by atoms with van der Waals surface area (Å²) >= 11 is 0. The van der Waals surface area contributed by atoms with E-state index in [0.717, 1.165) is 12.5 Å². The normalized spacial score (nSPS) is 37.6. The third-order valence-electron chi connectivity index (χ3n) is 3.82. The van der Waals surface area contributed by atoms with E-state index in [1.165, 1.54) is 32.6 Å². The van der Waals surface area contributed by atoms with Crippen LogP contribution in [0.3, 0.4) is 0 Å². The van der Waals surface area contributed by atoms with Gasteiger partial charge in [0.25, 0.3) is 0 Å². The van der Waals surface area contributed by atoms with Crippen molar-refractivity contribution in [2.24, 2.45) is 5.92 Å². The summed E-state index contributed by atoms with van der Waals surface area (Å²) in [6.45, 7) is 10.8. The highest BCUT2D eigenvalue weighted by atomic mass is 35.5. The van der Waals surface area contributed by atoms with Crippen molar-refractivity contribution in [2.45, 2.75) is 32.4 Å². The summed E-state index contributed by atoms with van der Waals surface area (Å²) in [5.41, 5.74) is 0. The average Bonchev–Trinajstić information content (AvgIpc) is 2.66. The lowest BCUT2D eigenvalue weighted by Crippen LogP contribution is -2.56. The van der Waals surface area contributed by atoms with Crippen LogP contribution in [0.1, 0.15) is 20.3 Å². The molecule has 0 radical (unpaired) electrons. The van der Waals surface area contributed by atoms with Crippen LogP contribution in [0, 0.1) is 5.92 Å². The molecule has 2 N–H and O–H groups in total. The van der Waals surface area contributed by atoms with Crippen LogP contribution in [0.15, 0.2) is 0 Å². The predicted molar refractivity (Wildman–Crippen MR) is 66.7 cm³/mol. The number of hydrogen-bond donors (Lipinski definition) is 2. The molecular formula is C11H24ClN3. The highest BCUT2D eigenvalue weighted by molar-refractivity contribution is 5.85. The number of hydrogen-bond acceptors (Lipinski definition) is 3. The van der Waals surface area contributed by atoms with Crippen molar-refractivity contribution in [1.29, 1.82) is 0 Å². The summed E-state index contributed by atoms with van der Waals surface area (Å²) < 4.78 is 0. The third-order valence-corrected chi connectivity index (χ3v) is 3.82. The Bertz CT molecular complexity index is 183. The molecule has 3 nitrogen and oxygen atoms in total. The second kappa shape index (κ2) is 6.04. The summed E-state index contributed by atoms with van der Waals surface area (Å²) in [6.07, 6.45) is 1.37. The first-order chi connectivity index (χ1) is 6.77. The molecule has 3 atom stereocenters. The van der Waals surface area contributed by atoms with Crippen molar-refractivity contribution in [3.05, 3.63) is 0 Å². The molecule has 90 valence electrons. The van der Waals surface area contributed by atoms with Crippen LogP contribution in [0.4, 0.5) is 0 Å². The molecule has 0 amide bonds. The largest absolute Gasteiger partial charge is 0.316 e. The summed E-state index contributed by atoms with van der Waals surface area (Å²) in [4.78, 5) is 2.65. The van der Waals surface area contributed by atoms with Gasteiger partial charge in [0.05, 0.1) is 0 Å². The number of piperazine rings is 1. The fraction of sp³-hybridized carbons (Fsp3) is 1.00. The number of nitrogens with one attached hydrogen (secondary N) is 2. The minimum absolute atomic E-state index is 0.